The van der Waals surface area contributed by atoms with E-state index < -0.39 is 9.84 Å². The Balaban J connectivity index is 2.64. The Kier molecular flexibility index (Phi) is 4.71. The van der Waals surface area contributed by atoms with Crippen molar-refractivity contribution < 1.29 is 8.42 Å². The highest BCUT2D eigenvalue weighted by Gasteiger charge is 2.09. The molecule has 0 radical (unpaired) electrons. The van der Waals surface area contributed by atoms with Crippen LogP contribution in [0.2, 0.25) is 0 Å². The number of hydrogen-bond acceptors (Lipinski definition) is 3. The second-order valence-corrected chi connectivity index (χ2v) is 6.93. The van der Waals surface area contributed by atoms with E-state index in [-0.39, 0.29) is 11.8 Å². The van der Waals surface area contributed by atoms with Gasteiger partial charge in [-0.2, -0.15) is 0 Å². The lowest BCUT2D eigenvalue weighted by atomic mass is 10.00. The molecule has 0 saturated carbocycles. The van der Waals surface area contributed by atoms with Crippen LogP contribution in [0.3, 0.4) is 0 Å². The van der Waals surface area contributed by atoms with Gasteiger partial charge in [-0.3, -0.25) is 0 Å². The summed E-state index contributed by atoms with van der Waals surface area (Å²) in [6, 6.07) is 6.51. The second kappa shape index (κ2) is 5.65. The van der Waals surface area contributed by atoms with Gasteiger partial charge in [-0.1, -0.05) is 23.8 Å². The van der Waals surface area contributed by atoms with Crippen LogP contribution in [0.15, 0.2) is 18.2 Å². The third-order valence-electron chi connectivity index (χ3n) is 2.82. The van der Waals surface area contributed by atoms with Crippen molar-refractivity contribution in [1.82, 2.24) is 5.32 Å². The van der Waals surface area contributed by atoms with Crippen LogP contribution in [0.4, 0.5) is 0 Å². The second-order valence-electron chi connectivity index (χ2n) is 4.67. The molecule has 0 aliphatic carbocycles. The van der Waals surface area contributed by atoms with E-state index in [4.69, 9.17) is 0 Å². The van der Waals surface area contributed by atoms with E-state index in [1.54, 1.807) is 0 Å². The van der Waals surface area contributed by atoms with Crippen molar-refractivity contribution in [2.75, 3.05) is 18.6 Å². The van der Waals surface area contributed by atoms with Crippen molar-refractivity contribution in [2.45, 2.75) is 26.8 Å². The molecule has 1 rings (SSSR count). The first-order chi connectivity index (χ1) is 7.79. The maximum atomic E-state index is 11.0. The van der Waals surface area contributed by atoms with Gasteiger partial charge in [0.25, 0.3) is 0 Å². The predicted molar refractivity (Wildman–Crippen MR) is 72.0 cm³/mol. The predicted octanol–water partition coefficient (Wildman–Crippen LogP) is 2.00. The fraction of sp³-hybridized carbons (Fsp3) is 0.538. The molecule has 0 saturated heterocycles. The minimum absolute atomic E-state index is 0.177. The van der Waals surface area contributed by atoms with Gasteiger partial charge in [0.15, 0.2) is 0 Å². The van der Waals surface area contributed by atoms with E-state index in [9.17, 15) is 8.42 Å². The number of aryl methyl sites for hydroxylation is 2. The van der Waals surface area contributed by atoms with Crippen molar-refractivity contribution in [2.24, 2.45) is 0 Å². The Labute approximate surface area is 104 Å². The summed E-state index contributed by atoms with van der Waals surface area (Å²) >= 11 is 0. The first-order valence-electron chi connectivity index (χ1n) is 5.78. The van der Waals surface area contributed by atoms with Gasteiger partial charge >= 0.3 is 0 Å². The molecular formula is C13H21NO2S. The lowest BCUT2D eigenvalue weighted by Crippen LogP contribution is -2.25. The van der Waals surface area contributed by atoms with Crippen LogP contribution < -0.4 is 5.32 Å². The van der Waals surface area contributed by atoms with Crippen molar-refractivity contribution in [1.29, 1.82) is 0 Å². The van der Waals surface area contributed by atoms with Crippen molar-refractivity contribution in [3.05, 3.63) is 34.9 Å². The van der Waals surface area contributed by atoms with Crippen molar-refractivity contribution in [3.63, 3.8) is 0 Å². The third-order valence-corrected chi connectivity index (χ3v) is 3.77. The molecule has 4 heteroatoms. The summed E-state index contributed by atoms with van der Waals surface area (Å²) < 4.78 is 22.1. The summed E-state index contributed by atoms with van der Waals surface area (Å²) in [6.07, 6.45) is 1.26. The highest BCUT2D eigenvalue weighted by molar-refractivity contribution is 7.90. The summed E-state index contributed by atoms with van der Waals surface area (Å²) in [5.41, 5.74) is 3.69. The molecule has 1 unspecified atom stereocenters. The van der Waals surface area contributed by atoms with Crippen LogP contribution in [-0.2, 0) is 9.84 Å². The van der Waals surface area contributed by atoms with Gasteiger partial charge in [0, 0.05) is 18.8 Å². The zero-order valence-electron chi connectivity index (χ0n) is 10.9. The molecule has 1 atom stereocenters. The van der Waals surface area contributed by atoms with Crippen LogP contribution in [0.5, 0.6) is 0 Å². The number of nitrogens with one attached hydrogen (secondary N) is 1. The average molecular weight is 255 g/mol. The number of sulfone groups is 1. The lowest BCUT2D eigenvalue weighted by Gasteiger charge is -2.17. The van der Waals surface area contributed by atoms with Gasteiger partial charge < -0.3 is 5.32 Å². The van der Waals surface area contributed by atoms with Crippen LogP contribution >= 0.6 is 0 Å². The monoisotopic (exact) mass is 255 g/mol. The van der Waals surface area contributed by atoms with Crippen LogP contribution in [0, 0.1) is 13.8 Å². The van der Waals surface area contributed by atoms with Gasteiger partial charge in [0.1, 0.15) is 9.84 Å². The van der Waals surface area contributed by atoms with Crippen LogP contribution in [0.25, 0.3) is 0 Å². The standard InChI is InChI=1S/C13H21NO2S/c1-10-5-6-11(2)13(9-10)12(3)14-7-8-17(4,15)16/h5-6,9,12,14H,7-8H2,1-4H3. The molecule has 1 aromatic carbocycles. The maximum Gasteiger partial charge on any atom is 0.148 e. The Bertz CT molecular complexity index is 480. The Morgan fingerprint density at radius 2 is 1.94 bits per heavy atom. The number of rotatable bonds is 5. The van der Waals surface area contributed by atoms with Crippen molar-refractivity contribution >= 4 is 9.84 Å². The fourth-order valence-electron chi connectivity index (χ4n) is 1.80. The Morgan fingerprint density at radius 3 is 2.53 bits per heavy atom. The summed E-state index contributed by atoms with van der Waals surface area (Å²) in [7, 11) is -2.88. The zero-order chi connectivity index (χ0) is 13.1. The fourth-order valence-corrected chi connectivity index (χ4v) is 2.29. The smallest absolute Gasteiger partial charge is 0.148 e. The van der Waals surface area contributed by atoms with Crippen LogP contribution in [-0.4, -0.2) is 27.0 Å². The van der Waals surface area contributed by atoms with Gasteiger partial charge in [0.2, 0.25) is 0 Å². The molecule has 3 nitrogen and oxygen atoms in total. The normalized spacial score (nSPS) is 13.6. The number of hydrogen-bond donors (Lipinski definition) is 1. The largest absolute Gasteiger partial charge is 0.309 e. The molecule has 1 N–H and O–H groups in total. The van der Waals surface area contributed by atoms with Gasteiger partial charge in [0.05, 0.1) is 5.75 Å². The molecule has 0 fully saturated rings. The average Bonchev–Trinajstić information content (AvgIpc) is 2.19. The minimum Gasteiger partial charge on any atom is -0.309 e. The third kappa shape index (κ3) is 4.88. The zero-order valence-corrected chi connectivity index (χ0v) is 11.8. The van der Waals surface area contributed by atoms with E-state index in [0.717, 1.165) is 0 Å². The van der Waals surface area contributed by atoms with E-state index in [1.807, 2.05) is 0 Å². The minimum atomic E-state index is -2.88. The molecule has 0 spiro atoms. The number of benzene rings is 1. The lowest BCUT2D eigenvalue weighted by molar-refractivity contribution is 0.574. The molecule has 0 bridgehead atoms. The van der Waals surface area contributed by atoms with E-state index >= 15 is 0 Å². The molecule has 0 aliphatic heterocycles. The van der Waals surface area contributed by atoms with E-state index in [1.165, 1.54) is 22.9 Å². The summed E-state index contributed by atoms with van der Waals surface area (Å²) in [5, 5.41) is 3.24. The van der Waals surface area contributed by atoms with E-state index in [2.05, 4.69) is 44.3 Å². The molecular weight excluding hydrogens is 234 g/mol. The van der Waals surface area contributed by atoms with E-state index in [0.29, 0.717) is 6.54 Å². The van der Waals surface area contributed by atoms with Gasteiger partial charge in [-0.15, -0.1) is 0 Å². The van der Waals surface area contributed by atoms with Gasteiger partial charge in [-0.05, 0) is 31.9 Å². The Hall–Kier alpha value is -0.870. The SMILES string of the molecule is Cc1ccc(C)c(C(C)NCCS(C)(=O)=O)c1. The molecule has 0 aromatic heterocycles. The molecule has 17 heavy (non-hydrogen) atoms. The molecule has 96 valence electrons. The first kappa shape index (κ1) is 14.2. The molecule has 0 heterocycles. The molecule has 0 amide bonds. The van der Waals surface area contributed by atoms with Gasteiger partial charge in [-0.25, -0.2) is 8.42 Å². The molecule has 0 aliphatic rings. The summed E-state index contributed by atoms with van der Waals surface area (Å²) in [4.78, 5) is 0. The van der Waals surface area contributed by atoms with Crippen LogP contribution in [0.1, 0.15) is 29.7 Å². The summed E-state index contributed by atoms with van der Waals surface area (Å²) in [5.74, 6) is 0.183. The first-order valence-corrected chi connectivity index (χ1v) is 7.84. The quantitative estimate of drug-likeness (QED) is 0.875. The topological polar surface area (TPSA) is 46.2 Å². The highest BCUT2D eigenvalue weighted by Crippen LogP contribution is 2.18. The Morgan fingerprint density at radius 1 is 1.29 bits per heavy atom. The maximum absolute atomic E-state index is 11.0. The summed E-state index contributed by atoms with van der Waals surface area (Å²) in [6.45, 7) is 6.69. The molecule has 1 aromatic rings. The highest BCUT2D eigenvalue weighted by atomic mass is 32.2. The van der Waals surface area contributed by atoms with Crippen molar-refractivity contribution in [3.8, 4) is 0 Å².